The summed E-state index contributed by atoms with van der Waals surface area (Å²) in [6.07, 6.45) is 3.18. The first-order chi connectivity index (χ1) is 8.34. The highest BCUT2D eigenvalue weighted by molar-refractivity contribution is 5.74. The summed E-state index contributed by atoms with van der Waals surface area (Å²) in [5.74, 6) is 0. The SMILES string of the molecule is O=C(NCCCNc1ccccc1)NC1CC1. The fourth-order valence-electron chi connectivity index (χ4n) is 1.54. The minimum absolute atomic E-state index is 0.0350. The molecule has 0 aromatic heterocycles. The molecule has 1 saturated carbocycles. The molecule has 0 heterocycles. The zero-order valence-corrected chi connectivity index (χ0v) is 9.91. The van der Waals surface area contributed by atoms with Crippen LogP contribution in [0.2, 0.25) is 0 Å². The zero-order valence-electron chi connectivity index (χ0n) is 9.91. The van der Waals surface area contributed by atoms with E-state index >= 15 is 0 Å². The molecule has 0 spiro atoms. The van der Waals surface area contributed by atoms with Crippen LogP contribution in [0, 0.1) is 0 Å². The van der Waals surface area contributed by atoms with Gasteiger partial charge in [0.15, 0.2) is 0 Å². The van der Waals surface area contributed by atoms with E-state index in [0.717, 1.165) is 31.5 Å². The number of amides is 2. The number of hydrogen-bond acceptors (Lipinski definition) is 2. The third-order valence-electron chi connectivity index (χ3n) is 2.65. The molecule has 0 saturated heterocycles. The predicted octanol–water partition coefficient (Wildman–Crippen LogP) is 1.95. The van der Waals surface area contributed by atoms with Gasteiger partial charge in [0.25, 0.3) is 0 Å². The topological polar surface area (TPSA) is 53.2 Å². The van der Waals surface area contributed by atoms with E-state index in [2.05, 4.69) is 16.0 Å². The van der Waals surface area contributed by atoms with Crippen LogP contribution in [0.1, 0.15) is 19.3 Å². The first kappa shape index (κ1) is 11.8. The summed E-state index contributed by atoms with van der Waals surface area (Å²) in [7, 11) is 0. The van der Waals surface area contributed by atoms with Gasteiger partial charge in [-0.05, 0) is 31.4 Å². The molecule has 0 radical (unpaired) electrons. The largest absolute Gasteiger partial charge is 0.385 e. The summed E-state index contributed by atoms with van der Waals surface area (Å²) >= 11 is 0. The third kappa shape index (κ3) is 4.76. The zero-order chi connectivity index (χ0) is 11.9. The minimum atomic E-state index is -0.0350. The molecule has 4 nitrogen and oxygen atoms in total. The molecule has 92 valence electrons. The summed E-state index contributed by atoms with van der Waals surface area (Å²) < 4.78 is 0. The number of urea groups is 1. The van der Waals surface area contributed by atoms with Crippen LogP contribution in [0.25, 0.3) is 0 Å². The highest BCUT2D eigenvalue weighted by Gasteiger charge is 2.22. The first-order valence-corrected chi connectivity index (χ1v) is 6.18. The second-order valence-corrected chi connectivity index (χ2v) is 4.32. The predicted molar refractivity (Wildman–Crippen MR) is 69.1 cm³/mol. The molecule has 0 unspecified atom stereocenters. The summed E-state index contributed by atoms with van der Waals surface area (Å²) in [5.41, 5.74) is 1.12. The number of carbonyl (C=O) groups is 1. The molecule has 4 heteroatoms. The number of hydrogen-bond donors (Lipinski definition) is 3. The molecule has 2 rings (SSSR count). The summed E-state index contributed by atoms with van der Waals surface area (Å²) in [5, 5.41) is 9.04. The Morgan fingerprint density at radius 2 is 1.94 bits per heavy atom. The molecule has 2 amide bonds. The molecule has 1 fully saturated rings. The van der Waals surface area contributed by atoms with Crippen molar-refractivity contribution in [1.29, 1.82) is 0 Å². The van der Waals surface area contributed by atoms with Crippen molar-refractivity contribution in [3.63, 3.8) is 0 Å². The average Bonchev–Trinajstić information content (AvgIpc) is 3.14. The van der Waals surface area contributed by atoms with Crippen LogP contribution in [-0.4, -0.2) is 25.2 Å². The van der Waals surface area contributed by atoms with Gasteiger partial charge in [-0.3, -0.25) is 0 Å². The average molecular weight is 233 g/mol. The lowest BCUT2D eigenvalue weighted by Crippen LogP contribution is -2.37. The normalized spacial score (nSPS) is 14.1. The van der Waals surface area contributed by atoms with Crippen molar-refractivity contribution < 1.29 is 4.79 Å². The standard InChI is InChI=1S/C13H19N3O/c17-13(16-12-7-8-12)15-10-4-9-14-11-5-2-1-3-6-11/h1-3,5-6,12,14H,4,7-10H2,(H2,15,16,17). The molecule has 0 aliphatic heterocycles. The van der Waals surface area contributed by atoms with Gasteiger partial charge in [-0.2, -0.15) is 0 Å². The van der Waals surface area contributed by atoms with Crippen LogP contribution in [0.5, 0.6) is 0 Å². The summed E-state index contributed by atoms with van der Waals surface area (Å²) in [6, 6.07) is 10.5. The molecule has 1 aromatic rings. The molecule has 3 N–H and O–H groups in total. The molecule has 0 bridgehead atoms. The highest BCUT2D eigenvalue weighted by Crippen LogP contribution is 2.18. The van der Waals surface area contributed by atoms with Crippen LogP contribution >= 0.6 is 0 Å². The van der Waals surface area contributed by atoms with Gasteiger partial charge >= 0.3 is 6.03 Å². The highest BCUT2D eigenvalue weighted by atomic mass is 16.2. The third-order valence-corrected chi connectivity index (χ3v) is 2.65. The molecule has 1 aliphatic carbocycles. The second kappa shape index (κ2) is 6.13. The maximum Gasteiger partial charge on any atom is 0.315 e. The van der Waals surface area contributed by atoms with E-state index in [1.807, 2.05) is 30.3 Å². The minimum Gasteiger partial charge on any atom is -0.385 e. The van der Waals surface area contributed by atoms with E-state index in [0.29, 0.717) is 12.6 Å². The van der Waals surface area contributed by atoms with Gasteiger partial charge in [0.05, 0.1) is 0 Å². The molecule has 1 aromatic carbocycles. The van der Waals surface area contributed by atoms with Gasteiger partial charge in [0.1, 0.15) is 0 Å². The Kier molecular flexibility index (Phi) is 4.24. The van der Waals surface area contributed by atoms with E-state index in [4.69, 9.17) is 0 Å². The van der Waals surface area contributed by atoms with Gasteiger partial charge < -0.3 is 16.0 Å². The van der Waals surface area contributed by atoms with Crippen molar-refractivity contribution >= 4 is 11.7 Å². The van der Waals surface area contributed by atoms with Crippen molar-refractivity contribution in [2.45, 2.75) is 25.3 Å². The quantitative estimate of drug-likeness (QED) is 0.658. The van der Waals surface area contributed by atoms with Crippen LogP contribution < -0.4 is 16.0 Å². The van der Waals surface area contributed by atoms with Gasteiger partial charge in [-0.1, -0.05) is 18.2 Å². The van der Waals surface area contributed by atoms with Crippen molar-refractivity contribution in [2.75, 3.05) is 18.4 Å². The van der Waals surface area contributed by atoms with E-state index in [-0.39, 0.29) is 6.03 Å². The number of benzene rings is 1. The Bertz CT molecular complexity index is 349. The first-order valence-electron chi connectivity index (χ1n) is 6.18. The Morgan fingerprint density at radius 3 is 2.65 bits per heavy atom. The molecular formula is C13H19N3O. The lowest BCUT2D eigenvalue weighted by molar-refractivity contribution is 0.240. The second-order valence-electron chi connectivity index (χ2n) is 4.32. The fourth-order valence-corrected chi connectivity index (χ4v) is 1.54. The Morgan fingerprint density at radius 1 is 1.18 bits per heavy atom. The van der Waals surface area contributed by atoms with Crippen molar-refractivity contribution in [3.05, 3.63) is 30.3 Å². The van der Waals surface area contributed by atoms with Crippen LogP contribution in [0.4, 0.5) is 10.5 Å². The maximum absolute atomic E-state index is 11.3. The van der Waals surface area contributed by atoms with Crippen LogP contribution in [0.3, 0.4) is 0 Å². The monoisotopic (exact) mass is 233 g/mol. The van der Waals surface area contributed by atoms with Crippen LogP contribution in [0.15, 0.2) is 30.3 Å². The van der Waals surface area contributed by atoms with E-state index in [1.54, 1.807) is 0 Å². The van der Waals surface area contributed by atoms with E-state index < -0.39 is 0 Å². The number of anilines is 1. The smallest absolute Gasteiger partial charge is 0.315 e. The lowest BCUT2D eigenvalue weighted by Gasteiger charge is -2.08. The van der Waals surface area contributed by atoms with Crippen molar-refractivity contribution in [1.82, 2.24) is 10.6 Å². The maximum atomic E-state index is 11.3. The summed E-state index contributed by atoms with van der Waals surface area (Å²) in [4.78, 5) is 11.3. The molecule has 1 aliphatic rings. The number of para-hydroxylation sites is 1. The van der Waals surface area contributed by atoms with E-state index in [9.17, 15) is 4.79 Å². The lowest BCUT2D eigenvalue weighted by atomic mass is 10.3. The van der Waals surface area contributed by atoms with Crippen molar-refractivity contribution in [2.24, 2.45) is 0 Å². The van der Waals surface area contributed by atoms with Gasteiger partial charge in [-0.25, -0.2) is 4.79 Å². The van der Waals surface area contributed by atoms with Gasteiger partial charge in [0.2, 0.25) is 0 Å². The van der Waals surface area contributed by atoms with Gasteiger partial charge in [-0.15, -0.1) is 0 Å². The molecule has 17 heavy (non-hydrogen) atoms. The molecule has 0 atom stereocenters. The fraction of sp³-hybridized carbons (Fsp3) is 0.462. The summed E-state index contributed by atoms with van der Waals surface area (Å²) in [6.45, 7) is 1.58. The van der Waals surface area contributed by atoms with Crippen molar-refractivity contribution in [3.8, 4) is 0 Å². The Balaban J connectivity index is 1.50. The number of rotatable bonds is 6. The number of carbonyl (C=O) groups excluding carboxylic acids is 1. The Hall–Kier alpha value is -1.71. The number of nitrogens with one attached hydrogen (secondary N) is 3. The van der Waals surface area contributed by atoms with E-state index in [1.165, 1.54) is 0 Å². The molecular weight excluding hydrogens is 214 g/mol. The Labute approximate surface area is 102 Å². The van der Waals surface area contributed by atoms with Gasteiger partial charge in [0, 0.05) is 24.8 Å². The van der Waals surface area contributed by atoms with Crippen LogP contribution in [-0.2, 0) is 0 Å².